The summed E-state index contributed by atoms with van der Waals surface area (Å²) in [4.78, 5) is 11.7. The van der Waals surface area contributed by atoms with Gasteiger partial charge in [-0.3, -0.25) is 4.79 Å². The second-order valence-electron chi connectivity index (χ2n) is 6.14. The molecule has 0 aromatic heterocycles. The molecule has 0 bridgehead atoms. The molecule has 4 heteroatoms. The van der Waals surface area contributed by atoms with Crippen LogP contribution < -0.4 is 4.74 Å². The van der Waals surface area contributed by atoms with Gasteiger partial charge in [0.05, 0.1) is 12.5 Å². The molecular formula is C19H31O3P. The molecule has 0 heterocycles. The van der Waals surface area contributed by atoms with Crippen molar-refractivity contribution in [2.75, 3.05) is 0 Å². The van der Waals surface area contributed by atoms with E-state index < -0.39 is 0 Å². The van der Waals surface area contributed by atoms with Crippen LogP contribution in [0.25, 0.3) is 0 Å². The second kappa shape index (κ2) is 12.5. The van der Waals surface area contributed by atoms with Gasteiger partial charge < -0.3 is 9.26 Å². The van der Waals surface area contributed by atoms with Gasteiger partial charge in [-0.2, -0.15) is 0 Å². The molecule has 0 saturated heterocycles. The molecule has 0 amide bonds. The van der Waals surface area contributed by atoms with Crippen LogP contribution in [0.4, 0.5) is 0 Å². The second-order valence-corrected chi connectivity index (χ2v) is 6.41. The average Bonchev–Trinajstić information content (AvgIpc) is 2.55. The van der Waals surface area contributed by atoms with Crippen molar-refractivity contribution in [2.24, 2.45) is 0 Å². The van der Waals surface area contributed by atoms with Crippen LogP contribution in [0.2, 0.25) is 0 Å². The van der Waals surface area contributed by atoms with Crippen molar-refractivity contribution in [3.8, 4) is 5.75 Å². The van der Waals surface area contributed by atoms with Crippen molar-refractivity contribution in [1.82, 2.24) is 0 Å². The summed E-state index contributed by atoms with van der Waals surface area (Å²) >= 11 is 0. The smallest absolute Gasteiger partial charge is 0.313 e. The number of ether oxygens (including phenoxy) is 1. The van der Waals surface area contributed by atoms with Crippen LogP contribution in [0.1, 0.15) is 70.8 Å². The van der Waals surface area contributed by atoms with Gasteiger partial charge in [0.15, 0.2) is 0 Å². The number of unbranched alkanes of at least 4 members (excludes halogenated alkanes) is 6. The van der Waals surface area contributed by atoms with Gasteiger partial charge in [0.25, 0.3) is 0 Å². The lowest BCUT2D eigenvalue weighted by atomic mass is 10.0. The largest absolute Gasteiger partial charge is 0.426 e. The summed E-state index contributed by atoms with van der Waals surface area (Å²) in [6.45, 7) is 4.08. The van der Waals surface area contributed by atoms with Gasteiger partial charge >= 0.3 is 5.97 Å². The van der Waals surface area contributed by atoms with Gasteiger partial charge in [0.2, 0.25) is 0 Å². The first-order valence-corrected chi connectivity index (χ1v) is 9.28. The van der Waals surface area contributed by atoms with Crippen molar-refractivity contribution in [3.05, 3.63) is 29.8 Å². The standard InChI is InChI=1S/C19H31O3P/c1-3-4-5-6-7-8-9-10-17-11-13-18(14-12-17)21-19(20)15-16(2)22-23/h11-14,16H,3-10,15,23H2,1-2H3. The molecule has 23 heavy (non-hydrogen) atoms. The van der Waals surface area contributed by atoms with Crippen LogP contribution >= 0.6 is 9.47 Å². The van der Waals surface area contributed by atoms with Crippen LogP contribution in [0.3, 0.4) is 0 Å². The fourth-order valence-electron chi connectivity index (χ4n) is 2.47. The van der Waals surface area contributed by atoms with E-state index in [1.54, 1.807) is 0 Å². The van der Waals surface area contributed by atoms with E-state index in [-0.39, 0.29) is 18.5 Å². The summed E-state index contributed by atoms with van der Waals surface area (Å²) in [7, 11) is 2.16. The van der Waals surface area contributed by atoms with Crippen molar-refractivity contribution in [2.45, 2.75) is 77.7 Å². The highest BCUT2D eigenvalue weighted by Crippen LogP contribution is 2.16. The zero-order chi connectivity index (χ0) is 16.9. The first-order chi connectivity index (χ1) is 11.2. The Morgan fingerprint density at radius 2 is 1.65 bits per heavy atom. The minimum atomic E-state index is -0.264. The van der Waals surface area contributed by atoms with E-state index in [9.17, 15) is 4.79 Å². The zero-order valence-electron chi connectivity index (χ0n) is 14.6. The maximum absolute atomic E-state index is 11.7. The minimum Gasteiger partial charge on any atom is -0.426 e. The highest BCUT2D eigenvalue weighted by molar-refractivity contribution is 7.09. The number of carbonyl (C=O) groups is 1. The Morgan fingerprint density at radius 1 is 1.04 bits per heavy atom. The van der Waals surface area contributed by atoms with E-state index in [2.05, 4.69) is 28.5 Å². The highest BCUT2D eigenvalue weighted by Gasteiger charge is 2.10. The summed E-state index contributed by atoms with van der Waals surface area (Å²) in [5.41, 5.74) is 1.31. The van der Waals surface area contributed by atoms with E-state index >= 15 is 0 Å². The number of rotatable bonds is 12. The van der Waals surface area contributed by atoms with E-state index in [0.717, 1.165) is 6.42 Å². The summed E-state index contributed by atoms with van der Waals surface area (Å²) in [6.07, 6.45) is 10.5. The molecular weight excluding hydrogens is 307 g/mol. The van der Waals surface area contributed by atoms with Gasteiger partial charge in [-0.1, -0.05) is 57.6 Å². The lowest BCUT2D eigenvalue weighted by Crippen LogP contribution is -2.15. The van der Waals surface area contributed by atoms with E-state index in [0.29, 0.717) is 5.75 Å². The molecule has 0 spiro atoms. The van der Waals surface area contributed by atoms with Gasteiger partial charge in [0, 0.05) is 9.47 Å². The monoisotopic (exact) mass is 338 g/mol. The van der Waals surface area contributed by atoms with E-state index in [4.69, 9.17) is 9.26 Å². The van der Waals surface area contributed by atoms with Gasteiger partial charge in [0.1, 0.15) is 5.75 Å². The lowest BCUT2D eigenvalue weighted by molar-refractivity contribution is -0.135. The SMILES string of the molecule is CCCCCCCCCc1ccc(OC(=O)CC(C)OP)cc1. The number of hydrogen-bond acceptors (Lipinski definition) is 3. The predicted octanol–water partition coefficient (Wildman–Crippen LogP) is 5.47. The molecule has 0 saturated carbocycles. The fourth-order valence-corrected chi connectivity index (χ4v) is 2.56. The van der Waals surface area contributed by atoms with Crippen molar-refractivity contribution in [1.29, 1.82) is 0 Å². The Hall–Kier alpha value is -0.920. The first-order valence-electron chi connectivity index (χ1n) is 8.80. The van der Waals surface area contributed by atoms with Crippen LogP contribution in [-0.2, 0) is 15.7 Å². The number of aryl methyl sites for hydroxylation is 1. The third-order valence-electron chi connectivity index (χ3n) is 3.91. The Morgan fingerprint density at radius 3 is 2.26 bits per heavy atom. The first kappa shape index (κ1) is 20.1. The molecule has 1 aromatic rings. The molecule has 0 radical (unpaired) electrons. The summed E-state index contributed by atoms with van der Waals surface area (Å²) in [5.74, 6) is 0.342. The molecule has 0 N–H and O–H groups in total. The number of hydrogen-bond donors (Lipinski definition) is 0. The average molecular weight is 338 g/mol. The number of carbonyl (C=O) groups excluding carboxylic acids is 1. The van der Waals surface area contributed by atoms with Crippen molar-refractivity contribution < 1.29 is 14.1 Å². The Kier molecular flexibility index (Phi) is 10.9. The maximum atomic E-state index is 11.7. The molecule has 1 aromatic carbocycles. The minimum absolute atomic E-state index is 0.149. The quantitative estimate of drug-likeness (QED) is 0.219. The maximum Gasteiger partial charge on any atom is 0.313 e. The molecule has 2 atom stereocenters. The predicted molar refractivity (Wildman–Crippen MR) is 98.6 cm³/mol. The summed E-state index contributed by atoms with van der Waals surface area (Å²) in [6, 6.07) is 7.85. The van der Waals surface area contributed by atoms with E-state index in [1.165, 1.54) is 50.5 Å². The third kappa shape index (κ3) is 9.73. The topological polar surface area (TPSA) is 35.5 Å². The van der Waals surface area contributed by atoms with Gasteiger partial charge in [-0.15, -0.1) is 0 Å². The molecule has 130 valence electrons. The molecule has 0 fully saturated rings. The van der Waals surface area contributed by atoms with Crippen LogP contribution in [0.5, 0.6) is 5.75 Å². The molecule has 0 aliphatic heterocycles. The van der Waals surface area contributed by atoms with Crippen molar-refractivity contribution >= 4 is 15.4 Å². The van der Waals surface area contributed by atoms with Gasteiger partial charge in [-0.25, -0.2) is 0 Å². The molecule has 1 rings (SSSR count). The van der Waals surface area contributed by atoms with E-state index in [1.807, 2.05) is 19.1 Å². The fraction of sp³-hybridized carbons (Fsp3) is 0.632. The number of esters is 1. The summed E-state index contributed by atoms with van der Waals surface area (Å²) in [5, 5.41) is 0. The highest BCUT2D eigenvalue weighted by atomic mass is 31.0. The number of benzene rings is 1. The van der Waals surface area contributed by atoms with Gasteiger partial charge in [-0.05, 0) is 37.5 Å². The molecule has 2 unspecified atom stereocenters. The Balaban J connectivity index is 2.21. The van der Waals surface area contributed by atoms with Crippen LogP contribution in [0, 0.1) is 0 Å². The van der Waals surface area contributed by atoms with Crippen LogP contribution in [0.15, 0.2) is 24.3 Å². The summed E-state index contributed by atoms with van der Waals surface area (Å²) < 4.78 is 10.3. The lowest BCUT2D eigenvalue weighted by Gasteiger charge is -2.09. The molecule has 3 nitrogen and oxygen atoms in total. The third-order valence-corrected chi connectivity index (χ3v) is 4.38. The van der Waals surface area contributed by atoms with Crippen LogP contribution in [-0.4, -0.2) is 12.1 Å². The normalized spacial score (nSPS) is 12.1. The molecule has 0 aliphatic carbocycles. The Labute approximate surface area is 143 Å². The molecule has 0 aliphatic rings. The Bertz CT molecular complexity index is 431. The zero-order valence-corrected chi connectivity index (χ0v) is 15.7. The van der Waals surface area contributed by atoms with Crippen molar-refractivity contribution in [3.63, 3.8) is 0 Å².